The first-order valence-electron chi connectivity index (χ1n) is 6.14. The Morgan fingerprint density at radius 1 is 1.48 bits per heavy atom. The van der Waals surface area contributed by atoms with Crippen molar-refractivity contribution in [2.75, 3.05) is 6.54 Å². The molecule has 0 saturated carbocycles. The minimum Gasteiger partial charge on any atom is -0.352 e. The zero-order valence-electron chi connectivity index (χ0n) is 10.9. The second-order valence-corrected chi connectivity index (χ2v) is 4.60. The molecule has 0 aliphatic heterocycles. The van der Waals surface area contributed by atoms with Gasteiger partial charge in [0.25, 0.3) is 11.6 Å². The molecule has 0 spiro atoms. The van der Waals surface area contributed by atoms with Crippen molar-refractivity contribution >= 4 is 23.2 Å². The Kier molecular flexibility index (Phi) is 4.83. The first kappa shape index (κ1) is 14.9. The van der Waals surface area contributed by atoms with Crippen LogP contribution in [-0.2, 0) is 6.54 Å². The molecule has 1 amide bonds. The summed E-state index contributed by atoms with van der Waals surface area (Å²) < 4.78 is 1.66. The van der Waals surface area contributed by atoms with E-state index < -0.39 is 4.92 Å². The molecular formula is C12H12ClN5O3. The predicted octanol–water partition coefficient (Wildman–Crippen LogP) is 1.66. The predicted molar refractivity (Wildman–Crippen MR) is 75.1 cm³/mol. The third kappa shape index (κ3) is 3.99. The molecule has 1 heterocycles. The number of nitrogens with zero attached hydrogens (tertiary/aromatic N) is 4. The summed E-state index contributed by atoms with van der Waals surface area (Å²) in [4.78, 5) is 21.9. The Labute approximate surface area is 124 Å². The van der Waals surface area contributed by atoms with Crippen LogP contribution in [0.15, 0.2) is 30.6 Å². The van der Waals surface area contributed by atoms with E-state index in [1.54, 1.807) is 17.1 Å². The lowest BCUT2D eigenvalue weighted by Gasteiger charge is -2.06. The van der Waals surface area contributed by atoms with Crippen molar-refractivity contribution < 1.29 is 9.72 Å². The van der Waals surface area contributed by atoms with E-state index in [0.29, 0.717) is 19.5 Å². The topological polar surface area (TPSA) is 103 Å². The largest absolute Gasteiger partial charge is 0.352 e. The molecule has 2 rings (SSSR count). The number of aryl methyl sites for hydroxylation is 1. The van der Waals surface area contributed by atoms with Crippen LogP contribution in [0.5, 0.6) is 0 Å². The minimum absolute atomic E-state index is 0.0537. The number of nitro groups is 1. The highest BCUT2D eigenvalue weighted by molar-refractivity contribution is 6.34. The lowest BCUT2D eigenvalue weighted by atomic mass is 10.2. The molecule has 0 atom stereocenters. The van der Waals surface area contributed by atoms with Crippen molar-refractivity contribution in [1.82, 2.24) is 20.3 Å². The number of non-ortho nitro benzene ring substituents is 1. The molecular weight excluding hydrogens is 298 g/mol. The van der Waals surface area contributed by atoms with Crippen LogP contribution < -0.4 is 5.32 Å². The van der Waals surface area contributed by atoms with Crippen molar-refractivity contribution in [1.29, 1.82) is 0 Å². The SMILES string of the molecule is O=C(NCCCn1ccnn1)c1ccc([N+](=O)[O-])cc1Cl. The molecule has 0 aliphatic carbocycles. The summed E-state index contributed by atoms with van der Waals surface area (Å²) in [5, 5.41) is 20.8. The van der Waals surface area contributed by atoms with Gasteiger partial charge < -0.3 is 5.32 Å². The number of amides is 1. The van der Waals surface area contributed by atoms with Gasteiger partial charge in [0.05, 0.1) is 21.7 Å². The van der Waals surface area contributed by atoms with E-state index in [0.717, 1.165) is 6.07 Å². The van der Waals surface area contributed by atoms with Crippen molar-refractivity contribution in [3.8, 4) is 0 Å². The molecule has 1 aromatic carbocycles. The molecule has 8 nitrogen and oxygen atoms in total. The second kappa shape index (κ2) is 6.80. The zero-order chi connectivity index (χ0) is 15.2. The molecule has 1 aromatic heterocycles. The minimum atomic E-state index is -0.564. The molecule has 0 saturated heterocycles. The molecule has 0 radical (unpaired) electrons. The summed E-state index contributed by atoms with van der Waals surface area (Å²) in [6, 6.07) is 3.75. The first-order valence-corrected chi connectivity index (χ1v) is 6.52. The van der Waals surface area contributed by atoms with E-state index in [-0.39, 0.29) is 22.2 Å². The van der Waals surface area contributed by atoms with Crippen LogP contribution in [0, 0.1) is 10.1 Å². The molecule has 0 fully saturated rings. The number of benzene rings is 1. The average molecular weight is 310 g/mol. The number of carbonyl (C=O) groups is 1. The molecule has 21 heavy (non-hydrogen) atoms. The molecule has 9 heteroatoms. The average Bonchev–Trinajstić information content (AvgIpc) is 2.96. The van der Waals surface area contributed by atoms with Gasteiger partial charge in [0.15, 0.2) is 0 Å². The number of hydrogen-bond donors (Lipinski definition) is 1. The van der Waals surface area contributed by atoms with Gasteiger partial charge in [-0.2, -0.15) is 0 Å². The third-order valence-electron chi connectivity index (χ3n) is 2.73. The summed E-state index contributed by atoms with van der Waals surface area (Å²) in [5.74, 6) is -0.367. The van der Waals surface area contributed by atoms with Gasteiger partial charge in [-0.15, -0.1) is 5.10 Å². The van der Waals surface area contributed by atoms with E-state index in [9.17, 15) is 14.9 Å². The number of halogens is 1. The maximum absolute atomic E-state index is 11.9. The van der Waals surface area contributed by atoms with Gasteiger partial charge in [-0.3, -0.25) is 19.6 Å². The standard InChI is InChI=1S/C12H12ClN5O3/c13-11-8-9(18(20)21)2-3-10(11)12(19)14-4-1-6-17-7-5-15-16-17/h2-3,5,7-8H,1,4,6H2,(H,14,19). The van der Waals surface area contributed by atoms with Crippen molar-refractivity contribution in [2.24, 2.45) is 0 Å². The van der Waals surface area contributed by atoms with Gasteiger partial charge >= 0.3 is 0 Å². The van der Waals surface area contributed by atoms with Crippen LogP contribution in [0.25, 0.3) is 0 Å². The van der Waals surface area contributed by atoms with Gasteiger partial charge in [0.2, 0.25) is 0 Å². The smallest absolute Gasteiger partial charge is 0.270 e. The Morgan fingerprint density at radius 2 is 2.29 bits per heavy atom. The van der Waals surface area contributed by atoms with Crippen LogP contribution in [0.1, 0.15) is 16.8 Å². The first-order chi connectivity index (χ1) is 10.1. The molecule has 0 unspecified atom stereocenters. The van der Waals surface area contributed by atoms with Gasteiger partial charge in [0, 0.05) is 31.4 Å². The number of carbonyl (C=O) groups excluding carboxylic acids is 1. The van der Waals surface area contributed by atoms with Gasteiger partial charge in [-0.25, -0.2) is 0 Å². The van der Waals surface area contributed by atoms with E-state index in [4.69, 9.17) is 11.6 Å². The fraction of sp³-hybridized carbons (Fsp3) is 0.250. The highest BCUT2D eigenvalue weighted by atomic mass is 35.5. The van der Waals surface area contributed by atoms with Crippen LogP contribution in [0.4, 0.5) is 5.69 Å². The van der Waals surface area contributed by atoms with Crippen LogP contribution in [0.3, 0.4) is 0 Å². The summed E-state index contributed by atoms with van der Waals surface area (Å²) in [7, 11) is 0. The third-order valence-corrected chi connectivity index (χ3v) is 3.04. The number of aromatic nitrogens is 3. The maximum atomic E-state index is 11.9. The normalized spacial score (nSPS) is 10.3. The Morgan fingerprint density at radius 3 is 2.90 bits per heavy atom. The summed E-state index contributed by atoms with van der Waals surface area (Å²) >= 11 is 5.87. The maximum Gasteiger partial charge on any atom is 0.270 e. The van der Waals surface area contributed by atoms with Gasteiger partial charge in [-0.1, -0.05) is 16.8 Å². The fourth-order valence-corrected chi connectivity index (χ4v) is 1.95. The van der Waals surface area contributed by atoms with Crippen molar-refractivity contribution in [2.45, 2.75) is 13.0 Å². The van der Waals surface area contributed by atoms with E-state index >= 15 is 0 Å². The van der Waals surface area contributed by atoms with Gasteiger partial charge in [-0.05, 0) is 12.5 Å². The lowest BCUT2D eigenvalue weighted by Crippen LogP contribution is -2.25. The number of hydrogen-bond acceptors (Lipinski definition) is 5. The Balaban J connectivity index is 1.87. The molecule has 0 bridgehead atoms. The van der Waals surface area contributed by atoms with Gasteiger partial charge in [0.1, 0.15) is 0 Å². The van der Waals surface area contributed by atoms with E-state index in [2.05, 4.69) is 15.6 Å². The highest BCUT2D eigenvalue weighted by Gasteiger charge is 2.14. The fourth-order valence-electron chi connectivity index (χ4n) is 1.69. The highest BCUT2D eigenvalue weighted by Crippen LogP contribution is 2.22. The van der Waals surface area contributed by atoms with Crippen molar-refractivity contribution in [3.63, 3.8) is 0 Å². The van der Waals surface area contributed by atoms with Crippen LogP contribution in [0.2, 0.25) is 5.02 Å². The molecule has 110 valence electrons. The second-order valence-electron chi connectivity index (χ2n) is 4.20. The lowest BCUT2D eigenvalue weighted by molar-refractivity contribution is -0.384. The summed E-state index contributed by atoms with van der Waals surface area (Å²) in [5.41, 5.74) is 0.0609. The summed E-state index contributed by atoms with van der Waals surface area (Å²) in [6.45, 7) is 1.07. The molecule has 1 N–H and O–H groups in total. The summed E-state index contributed by atoms with van der Waals surface area (Å²) in [6.07, 6.45) is 3.99. The monoisotopic (exact) mass is 309 g/mol. The van der Waals surface area contributed by atoms with Crippen LogP contribution >= 0.6 is 11.6 Å². The number of rotatable bonds is 6. The molecule has 0 aliphatic rings. The van der Waals surface area contributed by atoms with E-state index in [1.165, 1.54) is 12.1 Å². The van der Waals surface area contributed by atoms with E-state index in [1.807, 2.05) is 0 Å². The molecule has 2 aromatic rings. The number of nitrogens with one attached hydrogen (secondary N) is 1. The quantitative estimate of drug-likeness (QED) is 0.496. The zero-order valence-corrected chi connectivity index (χ0v) is 11.7. The van der Waals surface area contributed by atoms with Crippen molar-refractivity contribution in [3.05, 3.63) is 51.3 Å². The Bertz CT molecular complexity index is 644. The van der Waals surface area contributed by atoms with Crippen LogP contribution in [-0.4, -0.2) is 32.4 Å². The number of nitro benzene ring substituents is 1. The Hall–Kier alpha value is -2.48.